The fourth-order valence-electron chi connectivity index (χ4n) is 3.93. The Hall–Kier alpha value is -3.92. The number of rotatable bonds is 5. The van der Waals surface area contributed by atoms with Gasteiger partial charge in [-0.3, -0.25) is 4.40 Å². The second-order valence-corrected chi connectivity index (χ2v) is 7.84. The van der Waals surface area contributed by atoms with Crippen molar-refractivity contribution in [3.8, 4) is 17.1 Å². The molecule has 152 valence electrons. The van der Waals surface area contributed by atoms with Crippen LogP contribution in [0.2, 0.25) is 0 Å². The van der Waals surface area contributed by atoms with Crippen LogP contribution in [0.25, 0.3) is 16.9 Å². The van der Waals surface area contributed by atoms with Gasteiger partial charge in [0.1, 0.15) is 5.69 Å². The summed E-state index contributed by atoms with van der Waals surface area (Å²) in [7, 11) is 0. The molecule has 0 atom stereocenters. The van der Waals surface area contributed by atoms with E-state index in [0.717, 1.165) is 28.1 Å². The summed E-state index contributed by atoms with van der Waals surface area (Å²) in [4.78, 5) is 9.77. The molecule has 0 aliphatic rings. The van der Waals surface area contributed by atoms with E-state index in [1.165, 1.54) is 5.56 Å². The monoisotopic (exact) mass is 405 g/mol. The van der Waals surface area contributed by atoms with Crippen molar-refractivity contribution in [3.05, 3.63) is 119 Å². The van der Waals surface area contributed by atoms with E-state index < -0.39 is 0 Å². The summed E-state index contributed by atoms with van der Waals surface area (Å²) in [6, 6.07) is 28.6. The van der Waals surface area contributed by atoms with Gasteiger partial charge in [0.2, 0.25) is 5.88 Å². The van der Waals surface area contributed by atoms with Crippen molar-refractivity contribution in [1.82, 2.24) is 14.4 Å². The lowest BCUT2D eigenvalue weighted by atomic mass is 10.1. The zero-order valence-electron chi connectivity index (χ0n) is 17.4. The molecule has 0 fully saturated rings. The molecule has 5 aromatic rings. The molecular weight excluding hydrogens is 382 g/mol. The second-order valence-electron chi connectivity index (χ2n) is 7.84. The predicted molar refractivity (Wildman–Crippen MR) is 123 cm³/mol. The maximum absolute atomic E-state index is 11.1. The van der Waals surface area contributed by atoms with Crippen molar-refractivity contribution in [3.63, 3.8) is 0 Å². The van der Waals surface area contributed by atoms with Gasteiger partial charge < -0.3 is 5.11 Å². The van der Waals surface area contributed by atoms with Crippen LogP contribution in [-0.4, -0.2) is 19.5 Å². The van der Waals surface area contributed by atoms with E-state index in [2.05, 4.69) is 37.3 Å². The molecule has 0 aliphatic carbocycles. The number of fused-ring (bicyclic) bond motifs is 1. The fraction of sp³-hybridized carbons (Fsp3) is 0.111. The zero-order chi connectivity index (χ0) is 21.2. The minimum absolute atomic E-state index is 0.172. The van der Waals surface area contributed by atoms with Gasteiger partial charge in [-0.15, -0.1) is 0 Å². The van der Waals surface area contributed by atoms with Gasteiger partial charge in [-0.2, -0.15) is 0 Å². The van der Waals surface area contributed by atoms with E-state index in [-0.39, 0.29) is 5.88 Å². The van der Waals surface area contributed by atoms with Crippen LogP contribution in [0.5, 0.6) is 5.88 Å². The lowest BCUT2D eigenvalue weighted by Gasteiger charge is -2.08. The van der Waals surface area contributed by atoms with Crippen molar-refractivity contribution in [2.45, 2.75) is 19.8 Å². The molecule has 2 heterocycles. The van der Waals surface area contributed by atoms with Crippen LogP contribution in [-0.2, 0) is 12.8 Å². The largest absolute Gasteiger partial charge is 0.493 e. The first kappa shape index (κ1) is 19.1. The van der Waals surface area contributed by atoms with E-state index in [1.54, 1.807) is 4.40 Å². The molecule has 0 spiro atoms. The number of aromatic nitrogens is 3. The van der Waals surface area contributed by atoms with Crippen LogP contribution in [0.4, 0.5) is 0 Å². The third kappa shape index (κ3) is 3.92. The summed E-state index contributed by atoms with van der Waals surface area (Å²) in [5.74, 6) is 0.172. The van der Waals surface area contributed by atoms with Crippen LogP contribution in [0.1, 0.15) is 28.1 Å². The average Bonchev–Trinajstić information content (AvgIpc) is 3.11. The van der Waals surface area contributed by atoms with Crippen molar-refractivity contribution >= 4 is 5.65 Å². The Kier molecular flexibility index (Phi) is 4.97. The highest BCUT2D eigenvalue weighted by molar-refractivity contribution is 5.63. The maximum Gasteiger partial charge on any atom is 0.219 e. The first-order valence-electron chi connectivity index (χ1n) is 10.4. The van der Waals surface area contributed by atoms with Crippen LogP contribution >= 0.6 is 0 Å². The SMILES string of the molecule is Cc1cccc(Cc2nc3c(Cc4ccccc4)nc(-c4ccccc4)cn3c2O)c1. The molecule has 5 rings (SSSR count). The molecule has 0 saturated carbocycles. The molecule has 0 radical (unpaired) electrons. The Labute approximate surface area is 181 Å². The molecule has 2 aromatic heterocycles. The molecule has 0 aliphatic heterocycles. The Morgan fingerprint density at radius 1 is 0.742 bits per heavy atom. The van der Waals surface area contributed by atoms with Gasteiger partial charge in [-0.05, 0) is 18.1 Å². The van der Waals surface area contributed by atoms with E-state index in [1.807, 2.05) is 60.8 Å². The third-order valence-corrected chi connectivity index (χ3v) is 5.46. The fourth-order valence-corrected chi connectivity index (χ4v) is 3.93. The van der Waals surface area contributed by atoms with Crippen LogP contribution < -0.4 is 0 Å². The molecule has 3 aromatic carbocycles. The zero-order valence-corrected chi connectivity index (χ0v) is 17.4. The van der Waals surface area contributed by atoms with Crippen molar-refractivity contribution in [2.24, 2.45) is 0 Å². The van der Waals surface area contributed by atoms with Crippen LogP contribution in [0, 0.1) is 6.92 Å². The average molecular weight is 406 g/mol. The third-order valence-electron chi connectivity index (χ3n) is 5.46. The molecule has 4 heteroatoms. The standard InChI is InChI=1S/C27H23N3O/c1-19-9-8-12-21(15-19)17-24-27(31)30-18-25(22-13-6-3-7-14-22)28-23(26(30)29-24)16-20-10-4-2-5-11-20/h2-15,18,31H,16-17H2,1H3. The number of benzene rings is 3. The van der Waals surface area contributed by atoms with E-state index in [0.29, 0.717) is 24.2 Å². The molecule has 0 amide bonds. The van der Waals surface area contributed by atoms with E-state index in [4.69, 9.17) is 9.97 Å². The van der Waals surface area contributed by atoms with Crippen molar-refractivity contribution < 1.29 is 5.11 Å². The van der Waals surface area contributed by atoms with Gasteiger partial charge in [-0.1, -0.05) is 90.5 Å². The summed E-state index contributed by atoms with van der Waals surface area (Å²) in [5, 5.41) is 11.1. The molecular formula is C27H23N3O. The number of hydrogen-bond acceptors (Lipinski definition) is 3. The smallest absolute Gasteiger partial charge is 0.219 e. The molecule has 4 nitrogen and oxygen atoms in total. The number of aromatic hydroxyl groups is 1. The Morgan fingerprint density at radius 2 is 1.42 bits per heavy atom. The van der Waals surface area contributed by atoms with Crippen LogP contribution in [0.15, 0.2) is 91.1 Å². The molecule has 31 heavy (non-hydrogen) atoms. The first-order valence-corrected chi connectivity index (χ1v) is 10.4. The van der Waals surface area contributed by atoms with Gasteiger partial charge in [0.25, 0.3) is 0 Å². The molecule has 0 unspecified atom stereocenters. The number of aryl methyl sites for hydroxylation is 1. The van der Waals surface area contributed by atoms with E-state index >= 15 is 0 Å². The van der Waals surface area contributed by atoms with Crippen molar-refractivity contribution in [2.75, 3.05) is 0 Å². The summed E-state index contributed by atoms with van der Waals surface area (Å²) >= 11 is 0. The Balaban J connectivity index is 1.65. The Bertz CT molecular complexity index is 1340. The maximum atomic E-state index is 11.1. The predicted octanol–water partition coefficient (Wildman–Crippen LogP) is 5.59. The highest BCUT2D eigenvalue weighted by Crippen LogP contribution is 2.28. The first-order chi connectivity index (χ1) is 15.2. The van der Waals surface area contributed by atoms with Crippen molar-refractivity contribution in [1.29, 1.82) is 0 Å². The van der Waals surface area contributed by atoms with Gasteiger partial charge in [0.15, 0.2) is 5.65 Å². The molecule has 0 saturated heterocycles. The number of imidazole rings is 1. The van der Waals surface area contributed by atoms with Gasteiger partial charge in [0, 0.05) is 24.6 Å². The molecule has 1 N–H and O–H groups in total. The normalized spacial score (nSPS) is 11.1. The minimum atomic E-state index is 0.172. The lowest BCUT2D eigenvalue weighted by Crippen LogP contribution is -2.00. The second kappa shape index (κ2) is 8.07. The highest BCUT2D eigenvalue weighted by atomic mass is 16.3. The lowest BCUT2D eigenvalue weighted by molar-refractivity contribution is 0.442. The quantitative estimate of drug-likeness (QED) is 0.415. The molecule has 0 bridgehead atoms. The minimum Gasteiger partial charge on any atom is -0.493 e. The van der Waals surface area contributed by atoms with E-state index in [9.17, 15) is 5.11 Å². The topological polar surface area (TPSA) is 50.4 Å². The van der Waals surface area contributed by atoms with Gasteiger partial charge in [0.05, 0.1) is 11.4 Å². The highest BCUT2D eigenvalue weighted by Gasteiger charge is 2.18. The summed E-state index contributed by atoms with van der Waals surface area (Å²) < 4.78 is 1.78. The summed E-state index contributed by atoms with van der Waals surface area (Å²) in [6.45, 7) is 2.07. The van der Waals surface area contributed by atoms with Gasteiger partial charge in [-0.25, -0.2) is 9.97 Å². The number of hydrogen-bond donors (Lipinski definition) is 1. The van der Waals surface area contributed by atoms with Gasteiger partial charge >= 0.3 is 0 Å². The summed E-state index contributed by atoms with van der Waals surface area (Å²) in [5.41, 5.74) is 7.50. The number of nitrogens with zero attached hydrogens (tertiary/aromatic N) is 3. The Morgan fingerprint density at radius 3 is 2.16 bits per heavy atom. The van der Waals surface area contributed by atoms with Crippen LogP contribution in [0.3, 0.4) is 0 Å². The summed E-state index contributed by atoms with van der Waals surface area (Å²) in [6.07, 6.45) is 3.09.